The number of hydrazone groups is 1. The standard InChI is InChI=1S/C14H11BrN2O2/c15-12-5-1-3-10(7-12)9-16-17-13-6-2-4-11(8-13)14(18)19/h1-9,17H,(H,18,19). The van der Waals surface area contributed by atoms with Crippen LogP contribution >= 0.6 is 15.9 Å². The minimum atomic E-state index is -0.959. The smallest absolute Gasteiger partial charge is 0.335 e. The molecule has 0 aliphatic rings. The lowest BCUT2D eigenvalue weighted by Gasteiger charge is -2.01. The summed E-state index contributed by atoms with van der Waals surface area (Å²) in [6.07, 6.45) is 1.66. The van der Waals surface area contributed by atoms with E-state index in [2.05, 4.69) is 26.5 Å². The van der Waals surface area contributed by atoms with E-state index in [1.54, 1.807) is 18.3 Å². The van der Waals surface area contributed by atoms with Gasteiger partial charge in [0.05, 0.1) is 17.5 Å². The van der Waals surface area contributed by atoms with Crippen LogP contribution in [-0.2, 0) is 0 Å². The number of nitrogens with one attached hydrogen (secondary N) is 1. The van der Waals surface area contributed by atoms with Gasteiger partial charge in [0.25, 0.3) is 0 Å². The van der Waals surface area contributed by atoms with E-state index in [0.29, 0.717) is 5.69 Å². The first-order valence-corrected chi connectivity index (χ1v) is 6.32. The van der Waals surface area contributed by atoms with E-state index in [4.69, 9.17) is 5.11 Å². The monoisotopic (exact) mass is 318 g/mol. The molecule has 0 amide bonds. The maximum absolute atomic E-state index is 10.8. The minimum absolute atomic E-state index is 0.225. The molecule has 0 spiro atoms. The second kappa shape index (κ2) is 6.15. The highest BCUT2D eigenvalue weighted by Gasteiger charge is 2.01. The Balaban J connectivity index is 2.06. The molecule has 96 valence electrons. The number of halogens is 1. The molecule has 4 nitrogen and oxygen atoms in total. The summed E-state index contributed by atoms with van der Waals surface area (Å²) in [5.74, 6) is -0.959. The Labute approximate surface area is 118 Å². The van der Waals surface area contributed by atoms with Crippen molar-refractivity contribution in [1.82, 2.24) is 0 Å². The molecular formula is C14H11BrN2O2. The van der Waals surface area contributed by atoms with Gasteiger partial charge < -0.3 is 5.11 Å². The number of rotatable bonds is 4. The fourth-order valence-electron chi connectivity index (χ4n) is 1.49. The number of carboxylic acid groups (broad SMARTS) is 1. The van der Waals surface area contributed by atoms with E-state index in [0.717, 1.165) is 10.0 Å². The van der Waals surface area contributed by atoms with Crippen LogP contribution in [-0.4, -0.2) is 17.3 Å². The summed E-state index contributed by atoms with van der Waals surface area (Å²) in [5, 5.41) is 12.9. The third-order valence-corrected chi connectivity index (χ3v) is 2.86. The molecule has 0 fully saturated rings. The highest BCUT2D eigenvalue weighted by atomic mass is 79.9. The third kappa shape index (κ3) is 3.93. The quantitative estimate of drug-likeness (QED) is 0.669. The zero-order valence-electron chi connectivity index (χ0n) is 9.88. The van der Waals surface area contributed by atoms with Gasteiger partial charge in [0, 0.05) is 4.47 Å². The number of hydrogen-bond donors (Lipinski definition) is 2. The normalized spacial score (nSPS) is 10.6. The molecule has 19 heavy (non-hydrogen) atoms. The Morgan fingerprint density at radius 3 is 2.74 bits per heavy atom. The lowest BCUT2D eigenvalue weighted by molar-refractivity contribution is 0.0697. The van der Waals surface area contributed by atoms with Crippen molar-refractivity contribution in [2.24, 2.45) is 5.10 Å². The van der Waals surface area contributed by atoms with Crippen LogP contribution in [0.2, 0.25) is 0 Å². The summed E-state index contributed by atoms with van der Waals surface area (Å²) >= 11 is 3.38. The number of hydrogen-bond acceptors (Lipinski definition) is 3. The van der Waals surface area contributed by atoms with Crippen LogP contribution in [0, 0.1) is 0 Å². The van der Waals surface area contributed by atoms with E-state index >= 15 is 0 Å². The number of aromatic carboxylic acids is 1. The van der Waals surface area contributed by atoms with Crippen LogP contribution < -0.4 is 5.43 Å². The van der Waals surface area contributed by atoms with Crippen molar-refractivity contribution in [2.45, 2.75) is 0 Å². The van der Waals surface area contributed by atoms with E-state index in [-0.39, 0.29) is 5.56 Å². The van der Waals surface area contributed by atoms with Gasteiger partial charge in [0.1, 0.15) is 0 Å². The van der Waals surface area contributed by atoms with Crippen LogP contribution in [0.5, 0.6) is 0 Å². The Hall–Kier alpha value is -2.14. The molecule has 0 saturated heterocycles. The Kier molecular flexibility index (Phi) is 4.30. The Morgan fingerprint density at radius 2 is 2.00 bits per heavy atom. The van der Waals surface area contributed by atoms with Crippen molar-refractivity contribution in [2.75, 3.05) is 5.43 Å². The summed E-state index contributed by atoms with van der Waals surface area (Å²) in [6.45, 7) is 0. The molecule has 0 radical (unpaired) electrons. The SMILES string of the molecule is O=C(O)c1cccc(NN=Cc2cccc(Br)c2)c1. The number of anilines is 1. The summed E-state index contributed by atoms with van der Waals surface area (Å²) in [4.78, 5) is 10.8. The van der Waals surface area contributed by atoms with Gasteiger partial charge in [-0.05, 0) is 35.9 Å². The molecule has 2 N–H and O–H groups in total. The topological polar surface area (TPSA) is 61.7 Å². The van der Waals surface area contributed by atoms with Gasteiger partial charge in [-0.2, -0.15) is 5.10 Å². The number of benzene rings is 2. The largest absolute Gasteiger partial charge is 0.478 e. The molecule has 0 aliphatic carbocycles. The number of carbonyl (C=O) groups is 1. The molecule has 0 saturated carbocycles. The van der Waals surface area contributed by atoms with Crippen LogP contribution in [0.25, 0.3) is 0 Å². The first-order chi connectivity index (χ1) is 9.15. The molecular weight excluding hydrogens is 308 g/mol. The maximum Gasteiger partial charge on any atom is 0.335 e. The van der Waals surface area contributed by atoms with E-state index in [9.17, 15) is 4.79 Å². The first kappa shape index (κ1) is 13.3. The summed E-state index contributed by atoms with van der Waals surface area (Å²) < 4.78 is 0.976. The fraction of sp³-hybridized carbons (Fsp3) is 0. The van der Waals surface area contributed by atoms with Gasteiger partial charge in [-0.1, -0.05) is 34.1 Å². The molecule has 0 heterocycles. The Morgan fingerprint density at radius 1 is 1.21 bits per heavy atom. The summed E-state index contributed by atoms with van der Waals surface area (Å²) in [6, 6.07) is 14.2. The second-order valence-electron chi connectivity index (χ2n) is 3.81. The van der Waals surface area contributed by atoms with Crippen LogP contribution in [0.15, 0.2) is 58.1 Å². The van der Waals surface area contributed by atoms with Crippen LogP contribution in [0.4, 0.5) is 5.69 Å². The molecule has 2 rings (SSSR count). The van der Waals surface area contributed by atoms with E-state index < -0.39 is 5.97 Å². The first-order valence-electron chi connectivity index (χ1n) is 5.53. The lowest BCUT2D eigenvalue weighted by atomic mass is 10.2. The van der Waals surface area contributed by atoms with Crippen molar-refractivity contribution in [3.63, 3.8) is 0 Å². The molecule has 0 aromatic heterocycles. The molecule has 0 atom stereocenters. The van der Waals surface area contributed by atoms with Crippen molar-refractivity contribution in [3.8, 4) is 0 Å². The second-order valence-corrected chi connectivity index (χ2v) is 4.73. The van der Waals surface area contributed by atoms with Gasteiger partial charge in [-0.25, -0.2) is 4.79 Å². The van der Waals surface area contributed by atoms with Gasteiger partial charge in [0.2, 0.25) is 0 Å². The van der Waals surface area contributed by atoms with Crippen molar-refractivity contribution < 1.29 is 9.90 Å². The van der Waals surface area contributed by atoms with Crippen LogP contribution in [0.1, 0.15) is 15.9 Å². The highest BCUT2D eigenvalue weighted by molar-refractivity contribution is 9.10. The molecule has 2 aromatic rings. The summed E-state index contributed by atoms with van der Waals surface area (Å²) in [7, 11) is 0. The van der Waals surface area contributed by atoms with Crippen molar-refractivity contribution >= 4 is 33.8 Å². The van der Waals surface area contributed by atoms with Crippen molar-refractivity contribution in [3.05, 3.63) is 64.1 Å². The van der Waals surface area contributed by atoms with E-state index in [1.807, 2.05) is 24.3 Å². The average molecular weight is 319 g/mol. The van der Waals surface area contributed by atoms with Gasteiger partial charge >= 0.3 is 5.97 Å². The maximum atomic E-state index is 10.8. The molecule has 2 aromatic carbocycles. The Bertz CT molecular complexity index is 626. The number of nitrogens with zero attached hydrogens (tertiary/aromatic N) is 1. The predicted molar refractivity (Wildman–Crippen MR) is 78.8 cm³/mol. The lowest BCUT2D eigenvalue weighted by Crippen LogP contribution is -1.97. The predicted octanol–water partition coefficient (Wildman–Crippen LogP) is 3.59. The van der Waals surface area contributed by atoms with Gasteiger partial charge in [-0.3, -0.25) is 5.43 Å². The zero-order valence-corrected chi connectivity index (χ0v) is 11.5. The minimum Gasteiger partial charge on any atom is -0.478 e. The van der Waals surface area contributed by atoms with Gasteiger partial charge in [0.15, 0.2) is 0 Å². The van der Waals surface area contributed by atoms with Crippen molar-refractivity contribution in [1.29, 1.82) is 0 Å². The van der Waals surface area contributed by atoms with Crippen LogP contribution in [0.3, 0.4) is 0 Å². The third-order valence-electron chi connectivity index (χ3n) is 2.37. The zero-order chi connectivity index (χ0) is 13.7. The number of carboxylic acids is 1. The molecule has 0 aliphatic heterocycles. The fourth-order valence-corrected chi connectivity index (χ4v) is 1.91. The molecule has 5 heteroatoms. The average Bonchev–Trinajstić information content (AvgIpc) is 2.39. The highest BCUT2D eigenvalue weighted by Crippen LogP contribution is 2.12. The summed E-state index contributed by atoms with van der Waals surface area (Å²) in [5.41, 5.74) is 4.60. The van der Waals surface area contributed by atoms with Gasteiger partial charge in [-0.15, -0.1) is 0 Å². The molecule has 0 bridgehead atoms. The van der Waals surface area contributed by atoms with E-state index in [1.165, 1.54) is 12.1 Å². The molecule has 0 unspecified atom stereocenters.